The second kappa shape index (κ2) is 11.7. The fourth-order valence-electron chi connectivity index (χ4n) is 3.39. The van der Waals surface area contributed by atoms with Gasteiger partial charge in [-0.3, -0.25) is 14.3 Å². The molecule has 2 aromatic heterocycles. The Morgan fingerprint density at radius 1 is 1.24 bits per heavy atom. The third-order valence-corrected chi connectivity index (χ3v) is 6.92. The quantitative estimate of drug-likeness (QED) is 0.309. The first-order valence-corrected chi connectivity index (χ1v) is 12.6. The van der Waals surface area contributed by atoms with Crippen LogP contribution in [0.5, 0.6) is 11.5 Å². The van der Waals surface area contributed by atoms with Crippen molar-refractivity contribution in [1.29, 1.82) is 0 Å². The first-order chi connectivity index (χ1) is 17.6. The molecule has 0 aliphatic heterocycles. The van der Waals surface area contributed by atoms with Crippen molar-refractivity contribution < 1.29 is 22.3 Å². The van der Waals surface area contributed by atoms with Crippen molar-refractivity contribution in [2.75, 3.05) is 18.9 Å². The molecule has 11 nitrogen and oxygen atoms in total. The van der Waals surface area contributed by atoms with Gasteiger partial charge in [0, 0.05) is 24.4 Å². The van der Waals surface area contributed by atoms with Crippen LogP contribution < -0.4 is 14.2 Å². The number of para-hydroxylation sites is 1. The van der Waals surface area contributed by atoms with Gasteiger partial charge in [-0.2, -0.15) is 0 Å². The van der Waals surface area contributed by atoms with Gasteiger partial charge in [0.05, 0.1) is 25.7 Å². The monoisotopic (exact) mass is 529 g/mol. The number of allylic oxidation sites excluding steroid dienone is 1. The highest BCUT2D eigenvalue weighted by atomic mass is 32.2. The molecule has 0 aliphatic carbocycles. The molecule has 0 saturated heterocycles. The van der Waals surface area contributed by atoms with Crippen molar-refractivity contribution in [3.8, 4) is 28.6 Å². The molecule has 0 aliphatic rings. The van der Waals surface area contributed by atoms with Crippen LogP contribution in [0, 0.1) is 6.92 Å². The summed E-state index contributed by atoms with van der Waals surface area (Å²) in [5.74, 6) is 0.515. The number of nitrogens with zero attached hydrogens (tertiary/aromatic N) is 6. The summed E-state index contributed by atoms with van der Waals surface area (Å²) in [5, 5.41) is 7.36. The van der Waals surface area contributed by atoms with Crippen molar-refractivity contribution in [3.63, 3.8) is 0 Å². The number of benzene rings is 1. The molecule has 0 fully saturated rings. The van der Waals surface area contributed by atoms with Gasteiger partial charge in [-0.25, -0.2) is 22.8 Å². The predicted octanol–water partition coefficient (Wildman–Crippen LogP) is 4.11. The van der Waals surface area contributed by atoms with Crippen LogP contribution in [0.1, 0.15) is 25.8 Å². The molecule has 196 valence electrons. The highest BCUT2D eigenvalue weighted by molar-refractivity contribution is 7.93. The van der Waals surface area contributed by atoms with Gasteiger partial charge in [0.25, 0.3) is 0 Å². The van der Waals surface area contributed by atoms with Crippen LogP contribution in [-0.2, 0) is 10.0 Å². The number of amidine groups is 1. The smallest absolute Gasteiger partial charge is 0.243 e. The first-order valence-electron chi connectivity index (χ1n) is 11.1. The van der Waals surface area contributed by atoms with E-state index >= 15 is 0 Å². The number of sulfonamides is 1. The Morgan fingerprint density at radius 3 is 2.49 bits per heavy atom. The fourth-order valence-corrected chi connectivity index (χ4v) is 4.35. The molecule has 1 aromatic carbocycles. The zero-order valence-corrected chi connectivity index (χ0v) is 22.0. The molecule has 0 unspecified atom stereocenters. The number of hydrogen-bond donors (Lipinski definition) is 1. The van der Waals surface area contributed by atoms with Gasteiger partial charge in [0.1, 0.15) is 28.8 Å². The van der Waals surface area contributed by atoms with Gasteiger partial charge in [-0.1, -0.05) is 6.07 Å². The molecule has 3 aromatic rings. The van der Waals surface area contributed by atoms with E-state index in [-0.39, 0.29) is 18.2 Å². The van der Waals surface area contributed by atoms with E-state index in [0.717, 1.165) is 11.8 Å². The SMILES string of the molecule is C=NC(C[C@@H](C)S(=O)(=O)Nc1nnc(-c2cncc(C)c2)n1-c1c(OC)cccc1OC)=N/C=C(\C)F. The number of aromatic nitrogens is 4. The summed E-state index contributed by atoms with van der Waals surface area (Å²) in [6.07, 6.45) is 4.10. The van der Waals surface area contributed by atoms with Crippen molar-refractivity contribution in [2.24, 2.45) is 9.98 Å². The highest BCUT2D eigenvalue weighted by Crippen LogP contribution is 2.37. The summed E-state index contributed by atoms with van der Waals surface area (Å²) in [6.45, 7) is 7.94. The Balaban J connectivity index is 2.14. The van der Waals surface area contributed by atoms with E-state index < -0.39 is 21.1 Å². The molecule has 0 radical (unpaired) electrons. The fraction of sp³-hybridized carbons (Fsp3) is 0.292. The molecular weight excluding hydrogens is 501 g/mol. The zero-order chi connectivity index (χ0) is 27.2. The normalized spacial score (nSPS) is 13.2. The van der Waals surface area contributed by atoms with Crippen molar-refractivity contribution in [1.82, 2.24) is 19.7 Å². The minimum atomic E-state index is -4.06. The Bertz CT molecular complexity index is 1420. The molecule has 13 heteroatoms. The highest BCUT2D eigenvalue weighted by Gasteiger charge is 2.28. The maximum absolute atomic E-state index is 13.3. The Kier molecular flexibility index (Phi) is 8.71. The number of aliphatic imine (C=N–C) groups is 2. The topological polar surface area (TPSA) is 133 Å². The summed E-state index contributed by atoms with van der Waals surface area (Å²) in [7, 11) is -1.09. The molecule has 0 bridgehead atoms. The number of pyridine rings is 1. The van der Waals surface area contributed by atoms with E-state index in [0.29, 0.717) is 28.6 Å². The number of halogens is 1. The van der Waals surface area contributed by atoms with E-state index in [1.165, 1.54) is 32.6 Å². The molecule has 1 N–H and O–H groups in total. The third-order valence-electron chi connectivity index (χ3n) is 5.23. The molecule has 2 heterocycles. The van der Waals surface area contributed by atoms with Gasteiger partial charge in [0.2, 0.25) is 16.0 Å². The van der Waals surface area contributed by atoms with E-state index in [1.807, 2.05) is 13.0 Å². The molecule has 37 heavy (non-hydrogen) atoms. The largest absolute Gasteiger partial charge is 0.494 e. The van der Waals surface area contributed by atoms with Crippen LogP contribution in [0.25, 0.3) is 17.1 Å². The van der Waals surface area contributed by atoms with E-state index in [2.05, 4.69) is 36.6 Å². The molecule has 0 saturated carbocycles. The van der Waals surface area contributed by atoms with Gasteiger partial charge in [-0.15, -0.1) is 10.2 Å². The molecule has 0 spiro atoms. The van der Waals surface area contributed by atoms with Gasteiger partial charge in [0.15, 0.2) is 5.82 Å². The maximum atomic E-state index is 13.3. The van der Waals surface area contributed by atoms with E-state index in [9.17, 15) is 12.8 Å². The third kappa shape index (κ3) is 6.36. The summed E-state index contributed by atoms with van der Waals surface area (Å²) in [4.78, 5) is 11.8. The maximum Gasteiger partial charge on any atom is 0.243 e. The van der Waals surface area contributed by atoms with Crippen molar-refractivity contribution >= 4 is 28.5 Å². The van der Waals surface area contributed by atoms with Crippen LogP contribution in [-0.4, -0.2) is 60.2 Å². The second-order valence-electron chi connectivity index (χ2n) is 8.03. The number of methoxy groups -OCH3 is 2. The van der Waals surface area contributed by atoms with Crippen LogP contribution in [0.2, 0.25) is 0 Å². The van der Waals surface area contributed by atoms with Crippen LogP contribution in [0.4, 0.5) is 10.3 Å². The summed E-state index contributed by atoms with van der Waals surface area (Å²) >= 11 is 0. The number of anilines is 1. The Hall–Kier alpha value is -4.13. The van der Waals surface area contributed by atoms with Gasteiger partial charge in [-0.05, 0) is 51.3 Å². The zero-order valence-electron chi connectivity index (χ0n) is 21.1. The van der Waals surface area contributed by atoms with Crippen LogP contribution in [0.3, 0.4) is 0 Å². The number of nitrogens with one attached hydrogen (secondary N) is 1. The van der Waals surface area contributed by atoms with Crippen molar-refractivity contribution in [2.45, 2.75) is 32.4 Å². The van der Waals surface area contributed by atoms with Crippen LogP contribution in [0.15, 0.2) is 58.7 Å². The van der Waals surface area contributed by atoms with E-state index in [4.69, 9.17) is 9.47 Å². The number of aryl methyl sites for hydroxylation is 1. The molecule has 1 atom stereocenters. The number of ether oxygens (including phenoxy) is 2. The minimum Gasteiger partial charge on any atom is -0.494 e. The lowest BCUT2D eigenvalue weighted by atomic mass is 10.2. The van der Waals surface area contributed by atoms with E-state index in [1.54, 1.807) is 30.6 Å². The number of rotatable bonds is 10. The average molecular weight is 530 g/mol. The second-order valence-corrected chi connectivity index (χ2v) is 10.1. The lowest BCUT2D eigenvalue weighted by molar-refractivity contribution is 0.391. The molecule has 0 amide bonds. The molecular formula is C24H28FN7O4S. The average Bonchev–Trinajstić information content (AvgIpc) is 3.27. The Morgan fingerprint density at radius 2 is 1.92 bits per heavy atom. The van der Waals surface area contributed by atoms with Crippen molar-refractivity contribution in [3.05, 3.63) is 54.2 Å². The predicted molar refractivity (Wildman–Crippen MR) is 141 cm³/mol. The lowest BCUT2D eigenvalue weighted by Gasteiger charge is -2.19. The first kappa shape index (κ1) is 27.5. The number of hydrogen-bond acceptors (Lipinski definition) is 8. The Labute approximate surface area is 214 Å². The van der Waals surface area contributed by atoms with Gasteiger partial charge >= 0.3 is 0 Å². The van der Waals surface area contributed by atoms with Crippen LogP contribution >= 0.6 is 0 Å². The summed E-state index contributed by atoms with van der Waals surface area (Å²) < 4.78 is 54.8. The van der Waals surface area contributed by atoms with Gasteiger partial charge < -0.3 is 9.47 Å². The standard InChI is InChI=1S/C24H28FN7O4S/c1-15-10-18(14-27-12-15)23-29-30-24(32(23)22-19(35-5)8-7-9-20(22)36-6)31-37(33,34)17(3)11-21(26-4)28-13-16(2)25/h7-10,12-14,17H,4,11H2,1-3,5-6H3,(H,30,31)/b16-13+,28-21?/t17-/m1/s1. The summed E-state index contributed by atoms with van der Waals surface area (Å²) in [6, 6.07) is 6.99. The molecule has 3 rings (SSSR count). The summed E-state index contributed by atoms with van der Waals surface area (Å²) in [5.41, 5.74) is 1.85. The lowest BCUT2D eigenvalue weighted by Crippen LogP contribution is -2.28. The minimum absolute atomic E-state index is 0.0641.